The van der Waals surface area contributed by atoms with Crippen LogP contribution in [-0.2, 0) is 19.1 Å². The fourth-order valence-electron chi connectivity index (χ4n) is 3.53. The number of aromatic nitrogens is 2. The average Bonchev–Trinajstić information content (AvgIpc) is 2.86. The Hall–Kier alpha value is -2.34. The zero-order chi connectivity index (χ0) is 17.3. The maximum absolute atomic E-state index is 12.6. The lowest BCUT2D eigenvalue weighted by molar-refractivity contribution is 0.0189. The third-order valence-electron chi connectivity index (χ3n) is 4.69. The highest BCUT2D eigenvalue weighted by Gasteiger charge is 2.35. The summed E-state index contributed by atoms with van der Waals surface area (Å²) in [6, 6.07) is 7.88. The number of nitrogens with one attached hydrogen (secondary N) is 1. The van der Waals surface area contributed by atoms with E-state index in [1.807, 2.05) is 24.3 Å². The van der Waals surface area contributed by atoms with E-state index in [1.54, 1.807) is 14.0 Å². The molecule has 0 saturated heterocycles. The normalized spacial score (nSPS) is 19.7. The molecule has 1 unspecified atom stereocenters. The van der Waals surface area contributed by atoms with Gasteiger partial charge in [0.25, 0.3) is 5.91 Å². The van der Waals surface area contributed by atoms with Crippen molar-refractivity contribution in [2.75, 3.05) is 13.7 Å². The topological polar surface area (TPSA) is 76.4 Å². The van der Waals surface area contributed by atoms with Crippen LogP contribution in [0.5, 0.6) is 5.88 Å². The fraction of sp³-hybridized carbons (Fsp3) is 0.444. The van der Waals surface area contributed by atoms with E-state index in [-0.39, 0.29) is 12.5 Å². The van der Waals surface area contributed by atoms with Gasteiger partial charge in [-0.25, -0.2) is 4.68 Å². The first-order chi connectivity index (χ1) is 11.5. The molecule has 2 aromatic rings. The number of ether oxygens (including phenoxy) is 1. The molecule has 1 heterocycles. The molecule has 24 heavy (non-hydrogen) atoms. The predicted molar refractivity (Wildman–Crippen MR) is 90.1 cm³/mol. The second kappa shape index (κ2) is 6.28. The highest BCUT2D eigenvalue weighted by atomic mass is 16.5. The Balaban J connectivity index is 1.80. The maximum atomic E-state index is 12.6. The molecule has 128 valence electrons. The van der Waals surface area contributed by atoms with Gasteiger partial charge >= 0.3 is 0 Å². The Labute approximate surface area is 141 Å². The molecule has 0 bridgehead atoms. The van der Waals surface area contributed by atoms with Crippen LogP contribution in [0.3, 0.4) is 0 Å². The largest absolute Gasteiger partial charge is 0.481 e. The third-order valence-corrected chi connectivity index (χ3v) is 4.69. The zero-order valence-corrected chi connectivity index (χ0v) is 14.3. The van der Waals surface area contributed by atoms with E-state index in [1.165, 1.54) is 11.8 Å². The molecule has 1 atom stereocenters. The number of rotatable bonds is 4. The minimum absolute atomic E-state index is 0.167. The van der Waals surface area contributed by atoms with Crippen molar-refractivity contribution < 1.29 is 14.6 Å². The predicted octanol–water partition coefficient (Wildman–Crippen LogP) is 1.69. The summed E-state index contributed by atoms with van der Waals surface area (Å²) in [6.45, 7) is 1.93. The Kier molecular flexibility index (Phi) is 4.32. The van der Waals surface area contributed by atoms with Crippen LogP contribution < -0.4 is 10.1 Å². The van der Waals surface area contributed by atoms with Crippen LogP contribution in [0.2, 0.25) is 0 Å². The molecule has 1 aliphatic carbocycles. The van der Waals surface area contributed by atoms with Crippen molar-refractivity contribution in [2.24, 2.45) is 7.05 Å². The van der Waals surface area contributed by atoms with E-state index in [9.17, 15) is 9.90 Å². The molecule has 2 N–H and O–H groups in total. The number of benzene rings is 1. The smallest absolute Gasteiger partial charge is 0.258 e. The molecule has 0 saturated carbocycles. The Morgan fingerprint density at radius 1 is 1.46 bits per heavy atom. The van der Waals surface area contributed by atoms with Crippen LogP contribution in [0.25, 0.3) is 0 Å². The van der Waals surface area contributed by atoms with Gasteiger partial charge in [-0.1, -0.05) is 24.3 Å². The summed E-state index contributed by atoms with van der Waals surface area (Å²) >= 11 is 0. The molecule has 1 aromatic carbocycles. The van der Waals surface area contributed by atoms with Crippen LogP contribution in [0.1, 0.15) is 40.0 Å². The van der Waals surface area contributed by atoms with Crippen molar-refractivity contribution in [1.82, 2.24) is 15.1 Å². The second-order valence-corrected chi connectivity index (χ2v) is 6.32. The van der Waals surface area contributed by atoms with Gasteiger partial charge in [-0.15, -0.1) is 0 Å². The van der Waals surface area contributed by atoms with Gasteiger partial charge in [0.2, 0.25) is 5.88 Å². The highest BCUT2D eigenvalue weighted by molar-refractivity contribution is 5.97. The lowest BCUT2D eigenvalue weighted by Gasteiger charge is -2.34. The van der Waals surface area contributed by atoms with Crippen molar-refractivity contribution in [3.05, 3.63) is 46.6 Å². The molecule has 1 amide bonds. The number of hydrogen-bond acceptors (Lipinski definition) is 4. The summed E-state index contributed by atoms with van der Waals surface area (Å²) in [5, 5.41) is 18.1. The molecule has 6 nitrogen and oxygen atoms in total. The summed E-state index contributed by atoms with van der Waals surface area (Å²) in [5.41, 5.74) is 2.03. The van der Waals surface area contributed by atoms with Crippen molar-refractivity contribution >= 4 is 5.91 Å². The quantitative estimate of drug-likeness (QED) is 0.895. The van der Waals surface area contributed by atoms with Crippen LogP contribution >= 0.6 is 0 Å². The van der Waals surface area contributed by atoms with Gasteiger partial charge in [0.1, 0.15) is 11.2 Å². The number of carbonyl (C=O) groups excluding carboxylic acids is 1. The molecule has 0 radical (unpaired) electrons. The number of methoxy groups -OCH3 is 1. The van der Waals surface area contributed by atoms with Crippen LogP contribution in [0.4, 0.5) is 0 Å². The lowest BCUT2D eigenvalue weighted by atomic mass is 9.79. The number of hydrogen-bond donors (Lipinski definition) is 2. The molecule has 0 aliphatic heterocycles. The number of aryl methyl sites for hydroxylation is 3. The minimum Gasteiger partial charge on any atom is -0.481 e. The van der Waals surface area contributed by atoms with Gasteiger partial charge in [-0.3, -0.25) is 4.79 Å². The molecule has 1 aromatic heterocycles. The lowest BCUT2D eigenvalue weighted by Crippen LogP contribution is -2.43. The zero-order valence-electron chi connectivity index (χ0n) is 14.3. The molecular weight excluding hydrogens is 306 g/mol. The van der Waals surface area contributed by atoms with E-state index in [0.717, 1.165) is 24.0 Å². The standard InChI is InChI=1S/C18H23N3O3/c1-12-15(17(24-3)21(2)20-12)16(22)19-11-18(23)10-6-8-13-7-4-5-9-14(13)18/h4-5,7,9,23H,6,8,10-11H2,1-3H3,(H,19,22). The Morgan fingerprint density at radius 2 is 2.21 bits per heavy atom. The van der Waals surface area contributed by atoms with Crippen molar-refractivity contribution in [3.63, 3.8) is 0 Å². The molecule has 1 aliphatic rings. The Bertz CT molecular complexity index is 769. The van der Waals surface area contributed by atoms with Crippen LogP contribution in [0, 0.1) is 6.92 Å². The number of carbonyl (C=O) groups is 1. The number of nitrogens with zero attached hydrogens (tertiary/aromatic N) is 2. The van der Waals surface area contributed by atoms with Crippen LogP contribution in [-0.4, -0.2) is 34.4 Å². The van der Waals surface area contributed by atoms with Crippen molar-refractivity contribution in [1.29, 1.82) is 0 Å². The van der Waals surface area contributed by atoms with Gasteiger partial charge in [-0.05, 0) is 37.3 Å². The first kappa shape index (κ1) is 16.5. The maximum Gasteiger partial charge on any atom is 0.258 e. The van der Waals surface area contributed by atoms with Crippen molar-refractivity contribution in [2.45, 2.75) is 31.8 Å². The number of amides is 1. The summed E-state index contributed by atoms with van der Waals surface area (Å²) in [5.74, 6) is 0.134. The molecule has 0 fully saturated rings. The first-order valence-electron chi connectivity index (χ1n) is 8.13. The monoisotopic (exact) mass is 329 g/mol. The molecule has 6 heteroatoms. The Morgan fingerprint density at radius 3 is 2.96 bits per heavy atom. The van der Waals surface area contributed by atoms with E-state index in [0.29, 0.717) is 23.6 Å². The van der Waals surface area contributed by atoms with E-state index >= 15 is 0 Å². The fourth-order valence-corrected chi connectivity index (χ4v) is 3.53. The van der Waals surface area contributed by atoms with Crippen molar-refractivity contribution in [3.8, 4) is 5.88 Å². The van der Waals surface area contributed by atoms with Gasteiger partial charge in [0.15, 0.2) is 0 Å². The molecule has 3 rings (SSSR count). The molecular formula is C18H23N3O3. The minimum atomic E-state index is -1.03. The SMILES string of the molecule is COc1c(C(=O)NCC2(O)CCCc3ccccc32)c(C)nn1C. The highest BCUT2D eigenvalue weighted by Crippen LogP contribution is 2.34. The first-order valence-corrected chi connectivity index (χ1v) is 8.13. The van der Waals surface area contributed by atoms with E-state index < -0.39 is 5.60 Å². The third kappa shape index (κ3) is 2.78. The summed E-state index contributed by atoms with van der Waals surface area (Å²) in [6.07, 6.45) is 2.49. The van der Waals surface area contributed by atoms with Gasteiger partial charge in [0.05, 0.1) is 19.3 Å². The van der Waals surface area contributed by atoms with Gasteiger partial charge < -0.3 is 15.2 Å². The number of fused-ring (bicyclic) bond motifs is 1. The van der Waals surface area contributed by atoms with E-state index in [4.69, 9.17) is 4.74 Å². The van der Waals surface area contributed by atoms with E-state index in [2.05, 4.69) is 10.4 Å². The van der Waals surface area contributed by atoms with Gasteiger partial charge in [0, 0.05) is 7.05 Å². The average molecular weight is 329 g/mol. The summed E-state index contributed by atoms with van der Waals surface area (Å²) < 4.78 is 6.80. The van der Waals surface area contributed by atoms with Crippen LogP contribution in [0.15, 0.2) is 24.3 Å². The number of aliphatic hydroxyl groups is 1. The summed E-state index contributed by atoms with van der Waals surface area (Å²) in [4.78, 5) is 12.6. The molecule has 0 spiro atoms. The summed E-state index contributed by atoms with van der Waals surface area (Å²) in [7, 11) is 3.24. The van der Waals surface area contributed by atoms with Gasteiger partial charge in [-0.2, -0.15) is 5.10 Å². The second-order valence-electron chi connectivity index (χ2n) is 6.32.